The van der Waals surface area contributed by atoms with Crippen molar-refractivity contribution < 1.29 is 33.0 Å². The summed E-state index contributed by atoms with van der Waals surface area (Å²) in [6, 6.07) is 4.03. The van der Waals surface area contributed by atoms with E-state index < -0.39 is 18.5 Å². The second-order valence-corrected chi connectivity index (χ2v) is 5.38. The van der Waals surface area contributed by atoms with Crippen LogP contribution in [0, 0.1) is 5.92 Å². The van der Waals surface area contributed by atoms with Gasteiger partial charge in [-0.15, -0.1) is 0 Å². The van der Waals surface area contributed by atoms with Crippen molar-refractivity contribution in [2.75, 3.05) is 19.7 Å². The summed E-state index contributed by atoms with van der Waals surface area (Å²) in [7, 11) is 0. The number of carbonyl (C=O) groups is 2. The quantitative estimate of drug-likeness (QED) is 0.859. The SMILES string of the molecule is CCOc1cc(C(=O)N2CCC(C(=O)O)CC2)ccc1OC(F)F. The number of ether oxygens (including phenoxy) is 2. The maximum Gasteiger partial charge on any atom is 0.387 e. The molecule has 0 unspecified atom stereocenters. The average molecular weight is 343 g/mol. The number of carboxylic acid groups (broad SMARTS) is 1. The monoisotopic (exact) mass is 343 g/mol. The molecule has 1 fully saturated rings. The van der Waals surface area contributed by atoms with Crippen molar-refractivity contribution >= 4 is 11.9 Å². The van der Waals surface area contributed by atoms with Gasteiger partial charge >= 0.3 is 12.6 Å². The minimum absolute atomic E-state index is 0.0732. The lowest BCUT2D eigenvalue weighted by atomic mass is 9.96. The predicted octanol–water partition coefficient (Wildman–Crippen LogP) is 2.62. The van der Waals surface area contributed by atoms with Crippen molar-refractivity contribution in [3.63, 3.8) is 0 Å². The molecule has 24 heavy (non-hydrogen) atoms. The summed E-state index contributed by atoms with van der Waals surface area (Å²) in [6.07, 6.45) is 0.790. The molecule has 8 heteroatoms. The molecule has 6 nitrogen and oxygen atoms in total. The Morgan fingerprint density at radius 3 is 2.50 bits per heavy atom. The molecular formula is C16H19F2NO5. The van der Waals surface area contributed by atoms with Crippen molar-refractivity contribution in [2.24, 2.45) is 5.92 Å². The zero-order valence-electron chi connectivity index (χ0n) is 13.2. The van der Waals surface area contributed by atoms with Gasteiger partial charge in [0.15, 0.2) is 11.5 Å². The number of nitrogens with zero attached hydrogens (tertiary/aromatic N) is 1. The number of hydrogen-bond donors (Lipinski definition) is 1. The predicted molar refractivity (Wildman–Crippen MR) is 80.5 cm³/mol. The number of amides is 1. The van der Waals surface area contributed by atoms with Gasteiger partial charge < -0.3 is 19.5 Å². The number of benzene rings is 1. The van der Waals surface area contributed by atoms with E-state index in [1.165, 1.54) is 18.2 Å². The summed E-state index contributed by atoms with van der Waals surface area (Å²) in [5, 5.41) is 8.98. The minimum atomic E-state index is -2.99. The van der Waals surface area contributed by atoms with Gasteiger partial charge in [-0.3, -0.25) is 9.59 Å². The Morgan fingerprint density at radius 1 is 1.29 bits per heavy atom. The summed E-state index contributed by atoms with van der Waals surface area (Å²) >= 11 is 0. The molecule has 1 N–H and O–H groups in total. The van der Waals surface area contributed by atoms with E-state index >= 15 is 0 Å². The van der Waals surface area contributed by atoms with Crippen LogP contribution < -0.4 is 9.47 Å². The van der Waals surface area contributed by atoms with Crippen molar-refractivity contribution in [3.05, 3.63) is 23.8 Å². The first kappa shape index (κ1) is 18.0. The summed E-state index contributed by atoms with van der Waals surface area (Å²) in [5.74, 6) is -1.63. The van der Waals surface area contributed by atoms with E-state index in [1.807, 2.05) is 0 Å². The van der Waals surface area contributed by atoms with Gasteiger partial charge in [-0.1, -0.05) is 0 Å². The highest BCUT2D eigenvalue weighted by molar-refractivity contribution is 5.95. The van der Waals surface area contributed by atoms with Crippen LogP contribution in [0.2, 0.25) is 0 Å². The number of likely N-dealkylation sites (tertiary alicyclic amines) is 1. The largest absolute Gasteiger partial charge is 0.490 e. The molecule has 0 saturated carbocycles. The van der Waals surface area contributed by atoms with Crippen molar-refractivity contribution in [2.45, 2.75) is 26.4 Å². The van der Waals surface area contributed by atoms with Gasteiger partial charge in [0.25, 0.3) is 5.91 Å². The molecule has 1 amide bonds. The van der Waals surface area contributed by atoms with Crippen LogP contribution in [0.4, 0.5) is 8.78 Å². The Morgan fingerprint density at radius 2 is 1.96 bits per heavy atom. The van der Waals surface area contributed by atoms with Gasteiger partial charge in [0, 0.05) is 18.7 Å². The molecule has 0 spiro atoms. The van der Waals surface area contributed by atoms with Crippen LogP contribution in [0.5, 0.6) is 11.5 Å². The Balaban J connectivity index is 2.12. The normalized spacial score (nSPS) is 15.4. The third kappa shape index (κ3) is 4.33. The van der Waals surface area contributed by atoms with Gasteiger partial charge in [0.05, 0.1) is 12.5 Å². The van der Waals surface area contributed by atoms with Gasteiger partial charge in [-0.05, 0) is 38.0 Å². The molecule has 1 aliphatic heterocycles. The number of halogens is 2. The highest BCUT2D eigenvalue weighted by Gasteiger charge is 2.28. The maximum atomic E-state index is 12.5. The molecule has 0 aliphatic carbocycles. The lowest BCUT2D eigenvalue weighted by molar-refractivity contribution is -0.143. The zero-order valence-corrected chi connectivity index (χ0v) is 13.2. The summed E-state index contributed by atoms with van der Waals surface area (Å²) < 4.78 is 34.4. The number of hydrogen-bond acceptors (Lipinski definition) is 4. The van der Waals surface area contributed by atoms with Crippen molar-refractivity contribution in [1.82, 2.24) is 4.90 Å². The zero-order chi connectivity index (χ0) is 17.7. The third-order valence-corrected chi connectivity index (χ3v) is 3.84. The van der Waals surface area contributed by atoms with Crippen LogP contribution in [-0.2, 0) is 4.79 Å². The summed E-state index contributed by atoms with van der Waals surface area (Å²) in [6.45, 7) is -0.372. The number of piperidine rings is 1. The van der Waals surface area contributed by atoms with E-state index in [0.717, 1.165) is 0 Å². The fourth-order valence-electron chi connectivity index (χ4n) is 2.61. The van der Waals surface area contributed by atoms with Crippen LogP contribution in [0.15, 0.2) is 18.2 Å². The Kier molecular flexibility index (Phi) is 5.94. The van der Waals surface area contributed by atoms with Crippen LogP contribution >= 0.6 is 0 Å². The van der Waals surface area contributed by atoms with Gasteiger partial charge in [-0.2, -0.15) is 8.78 Å². The average Bonchev–Trinajstić information content (AvgIpc) is 2.55. The second kappa shape index (κ2) is 7.94. The maximum absolute atomic E-state index is 12.5. The second-order valence-electron chi connectivity index (χ2n) is 5.38. The smallest absolute Gasteiger partial charge is 0.387 e. The van der Waals surface area contributed by atoms with Gasteiger partial charge in [-0.25, -0.2) is 0 Å². The topological polar surface area (TPSA) is 76.1 Å². The van der Waals surface area contributed by atoms with Crippen LogP contribution in [-0.4, -0.2) is 48.2 Å². The lowest BCUT2D eigenvalue weighted by Gasteiger charge is -2.30. The molecule has 0 atom stereocenters. The highest BCUT2D eigenvalue weighted by Crippen LogP contribution is 2.31. The molecule has 0 bridgehead atoms. The molecule has 1 heterocycles. The third-order valence-electron chi connectivity index (χ3n) is 3.84. The number of alkyl halides is 2. The Bertz CT molecular complexity index is 600. The van der Waals surface area contributed by atoms with Gasteiger partial charge in [0.2, 0.25) is 0 Å². The summed E-state index contributed by atoms with van der Waals surface area (Å²) in [4.78, 5) is 25.0. The minimum Gasteiger partial charge on any atom is -0.490 e. The lowest BCUT2D eigenvalue weighted by Crippen LogP contribution is -2.40. The van der Waals surface area contributed by atoms with E-state index in [4.69, 9.17) is 9.84 Å². The standard InChI is InChI=1S/C16H19F2NO5/c1-2-23-13-9-11(3-4-12(13)24-16(17)18)14(20)19-7-5-10(6-8-19)15(21)22/h3-4,9-10,16H,2,5-8H2,1H3,(H,21,22). The fraction of sp³-hybridized carbons (Fsp3) is 0.500. The van der Waals surface area contributed by atoms with Crippen molar-refractivity contribution in [1.29, 1.82) is 0 Å². The molecule has 1 aliphatic rings. The summed E-state index contributed by atoms with van der Waals surface area (Å²) in [5.41, 5.74) is 0.286. The molecule has 0 radical (unpaired) electrons. The van der Waals surface area contributed by atoms with E-state index in [0.29, 0.717) is 25.9 Å². The first-order valence-electron chi connectivity index (χ1n) is 7.66. The Labute approximate surface area is 138 Å². The molecule has 1 saturated heterocycles. The molecular weight excluding hydrogens is 324 g/mol. The molecule has 0 aromatic heterocycles. The number of carbonyl (C=O) groups excluding carboxylic acids is 1. The van der Waals surface area contributed by atoms with Crippen molar-refractivity contribution in [3.8, 4) is 11.5 Å². The van der Waals surface area contributed by atoms with Crippen LogP contribution in [0.25, 0.3) is 0 Å². The van der Waals surface area contributed by atoms with Crippen LogP contribution in [0.3, 0.4) is 0 Å². The first-order valence-corrected chi connectivity index (χ1v) is 7.66. The molecule has 132 valence electrons. The van der Waals surface area contributed by atoms with Gasteiger partial charge in [0.1, 0.15) is 0 Å². The van der Waals surface area contributed by atoms with Crippen LogP contribution in [0.1, 0.15) is 30.1 Å². The molecule has 2 rings (SSSR count). The van der Waals surface area contributed by atoms with E-state index in [9.17, 15) is 18.4 Å². The highest BCUT2D eigenvalue weighted by atomic mass is 19.3. The molecule has 1 aromatic carbocycles. The number of aliphatic carboxylic acids is 1. The van der Waals surface area contributed by atoms with E-state index in [-0.39, 0.29) is 29.6 Å². The van der Waals surface area contributed by atoms with E-state index in [2.05, 4.69) is 4.74 Å². The van der Waals surface area contributed by atoms with E-state index in [1.54, 1.807) is 11.8 Å². The number of rotatable bonds is 6. The first-order chi connectivity index (χ1) is 11.4. The fourth-order valence-corrected chi connectivity index (χ4v) is 2.61. The Hall–Kier alpha value is -2.38. The molecule has 1 aromatic rings. The number of carboxylic acids is 1.